The fourth-order valence-corrected chi connectivity index (χ4v) is 3.75. The lowest BCUT2D eigenvalue weighted by Gasteiger charge is -2.39. The Hall–Kier alpha value is -1.40. The summed E-state index contributed by atoms with van der Waals surface area (Å²) in [6.07, 6.45) is 2.56. The maximum absolute atomic E-state index is 5.94. The third-order valence-corrected chi connectivity index (χ3v) is 5.30. The largest absolute Gasteiger partial charge is 0.368 e. The van der Waals surface area contributed by atoms with Gasteiger partial charge in [0.15, 0.2) is 0 Å². The van der Waals surface area contributed by atoms with Crippen LogP contribution in [0.1, 0.15) is 38.3 Å². The van der Waals surface area contributed by atoms with Crippen molar-refractivity contribution >= 4 is 11.8 Å². The SMILES string of the molecule is CC(C)c1cc(N2CCC[C@@H](CN3CCN(C)CC3)C2)nc(N)n1. The first kappa shape index (κ1) is 17.4. The zero-order valence-electron chi connectivity index (χ0n) is 15.4. The van der Waals surface area contributed by atoms with E-state index < -0.39 is 0 Å². The summed E-state index contributed by atoms with van der Waals surface area (Å²) < 4.78 is 0. The van der Waals surface area contributed by atoms with Crippen molar-refractivity contribution in [3.05, 3.63) is 11.8 Å². The molecule has 0 unspecified atom stereocenters. The lowest BCUT2D eigenvalue weighted by Crippen LogP contribution is -2.48. The quantitative estimate of drug-likeness (QED) is 0.904. The number of hydrogen-bond donors (Lipinski definition) is 1. The molecule has 0 aromatic carbocycles. The molecule has 24 heavy (non-hydrogen) atoms. The molecule has 3 rings (SSSR count). The van der Waals surface area contributed by atoms with E-state index >= 15 is 0 Å². The summed E-state index contributed by atoms with van der Waals surface area (Å²) in [5.74, 6) is 2.51. The molecule has 0 spiro atoms. The number of nitrogens with zero attached hydrogens (tertiary/aromatic N) is 5. The Balaban J connectivity index is 1.63. The lowest BCUT2D eigenvalue weighted by atomic mass is 9.97. The maximum atomic E-state index is 5.94. The summed E-state index contributed by atoms with van der Waals surface area (Å²) in [5, 5.41) is 0. The number of anilines is 2. The number of piperidine rings is 1. The van der Waals surface area contributed by atoms with Gasteiger partial charge in [-0.05, 0) is 31.7 Å². The molecule has 6 nitrogen and oxygen atoms in total. The molecule has 2 N–H and O–H groups in total. The molecule has 0 radical (unpaired) electrons. The number of likely N-dealkylation sites (N-methyl/N-ethyl adjacent to an activating group) is 1. The Kier molecular flexibility index (Phi) is 5.56. The van der Waals surface area contributed by atoms with Gasteiger partial charge in [-0.2, -0.15) is 4.98 Å². The molecule has 0 aliphatic carbocycles. The highest BCUT2D eigenvalue weighted by atomic mass is 15.3. The van der Waals surface area contributed by atoms with Gasteiger partial charge in [-0.25, -0.2) is 4.98 Å². The van der Waals surface area contributed by atoms with Crippen LogP contribution in [-0.2, 0) is 0 Å². The van der Waals surface area contributed by atoms with E-state index in [1.54, 1.807) is 0 Å². The van der Waals surface area contributed by atoms with E-state index in [9.17, 15) is 0 Å². The number of nitrogens with two attached hydrogens (primary N) is 1. The summed E-state index contributed by atoms with van der Waals surface area (Å²) in [6, 6.07) is 2.12. The molecule has 3 heterocycles. The van der Waals surface area contributed by atoms with Crippen molar-refractivity contribution in [1.29, 1.82) is 0 Å². The summed E-state index contributed by atoms with van der Waals surface area (Å²) in [7, 11) is 2.21. The Morgan fingerprint density at radius 2 is 1.92 bits per heavy atom. The molecule has 2 fully saturated rings. The van der Waals surface area contributed by atoms with Crippen LogP contribution in [0.5, 0.6) is 0 Å². The van der Waals surface area contributed by atoms with Gasteiger partial charge in [0.1, 0.15) is 5.82 Å². The smallest absolute Gasteiger partial charge is 0.222 e. The van der Waals surface area contributed by atoms with Crippen LogP contribution in [-0.4, -0.2) is 72.6 Å². The normalized spacial score (nSPS) is 23.8. The van der Waals surface area contributed by atoms with Crippen LogP contribution >= 0.6 is 0 Å². The van der Waals surface area contributed by atoms with Gasteiger partial charge in [0.2, 0.25) is 5.95 Å². The van der Waals surface area contributed by atoms with Crippen molar-refractivity contribution < 1.29 is 0 Å². The average molecular weight is 332 g/mol. The molecular weight excluding hydrogens is 300 g/mol. The molecule has 1 aromatic rings. The van der Waals surface area contributed by atoms with E-state index in [4.69, 9.17) is 5.73 Å². The van der Waals surface area contributed by atoms with E-state index in [1.807, 2.05) is 0 Å². The number of aromatic nitrogens is 2. The van der Waals surface area contributed by atoms with Crippen molar-refractivity contribution in [2.45, 2.75) is 32.6 Å². The molecule has 1 aromatic heterocycles. The van der Waals surface area contributed by atoms with Crippen LogP contribution < -0.4 is 10.6 Å². The lowest BCUT2D eigenvalue weighted by molar-refractivity contribution is 0.131. The monoisotopic (exact) mass is 332 g/mol. The number of hydrogen-bond acceptors (Lipinski definition) is 6. The van der Waals surface area contributed by atoms with Crippen LogP contribution in [0.2, 0.25) is 0 Å². The Morgan fingerprint density at radius 1 is 1.17 bits per heavy atom. The molecule has 0 bridgehead atoms. The third kappa shape index (κ3) is 4.36. The highest BCUT2D eigenvalue weighted by molar-refractivity contribution is 5.44. The maximum Gasteiger partial charge on any atom is 0.222 e. The van der Waals surface area contributed by atoms with Crippen LogP contribution in [0.3, 0.4) is 0 Å². The van der Waals surface area contributed by atoms with Crippen molar-refractivity contribution in [3.63, 3.8) is 0 Å². The molecule has 134 valence electrons. The van der Waals surface area contributed by atoms with Gasteiger partial charge >= 0.3 is 0 Å². The number of piperazine rings is 1. The van der Waals surface area contributed by atoms with Crippen LogP contribution in [0, 0.1) is 5.92 Å². The Morgan fingerprint density at radius 3 is 2.62 bits per heavy atom. The number of nitrogen functional groups attached to an aromatic ring is 1. The van der Waals surface area contributed by atoms with E-state index in [1.165, 1.54) is 45.6 Å². The minimum absolute atomic E-state index is 0.375. The third-order valence-electron chi connectivity index (χ3n) is 5.30. The topological polar surface area (TPSA) is 61.5 Å². The molecule has 0 amide bonds. The zero-order chi connectivity index (χ0) is 17.1. The second-order valence-corrected chi connectivity index (χ2v) is 7.72. The minimum atomic E-state index is 0.375. The van der Waals surface area contributed by atoms with E-state index in [0.29, 0.717) is 11.9 Å². The zero-order valence-corrected chi connectivity index (χ0v) is 15.4. The van der Waals surface area contributed by atoms with Crippen molar-refractivity contribution in [2.75, 3.05) is 63.5 Å². The summed E-state index contributed by atoms with van der Waals surface area (Å²) >= 11 is 0. The standard InChI is InChI=1S/C18H32N6/c1-14(2)16-11-17(21-18(19)20-16)24-6-4-5-15(13-24)12-23-9-7-22(3)8-10-23/h11,14-15H,4-10,12-13H2,1-3H3,(H2,19,20,21)/t15-/m0/s1. The second-order valence-electron chi connectivity index (χ2n) is 7.72. The van der Waals surface area contributed by atoms with E-state index in [-0.39, 0.29) is 0 Å². The van der Waals surface area contributed by atoms with Crippen LogP contribution in [0.25, 0.3) is 0 Å². The molecule has 1 atom stereocenters. The van der Waals surface area contributed by atoms with Crippen molar-refractivity contribution in [2.24, 2.45) is 5.92 Å². The van der Waals surface area contributed by atoms with Gasteiger partial charge in [-0.1, -0.05) is 13.8 Å². The molecular formula is C18H32N6. The van der Waals surface area contributed by atoms with Gasteiger partial charge < -0.3 is 20.4 Å². The highest BCUT2D eigenvalue weighted by Gasteiger charge is 2.25. The Bertz CT molecular complexity index is 538. The summed E-state index contributed by atoms with van der Waals surface area (Å²) in [4.78, 5) is 16.3. The molecule has 2 saturated heterocycles. The van der Waals surface area contributed by atoms with Gasteiger partial charge in [0.05, 0.1) is 5.69 Å². The summed E-state index contributed by atoms with van der Waals surface area (Å²) in [5.41, 5.74) is 6.98. The minimum Gasteiger partial charge on any atom is -0.368 e. The van der Waals surface area contributed by atoms with Crippen molar-refractivity contribution in [1.82, 2.24) is 19.8 Å². The molecule has 2 aliphatic heterocycles. The first-order valence-electron chi connectivity index (χ1n) is 9.31. The van der Waals surface area contributed by atoms with E-state index in [0.717, 1.165) is 30.5 Å². The molecule has 0 saturated carbocycles. The van der Waals surface area contributed by atoms with Crippen molar-refractivity contribution in [3.8, 4) is 0 Å². The van der Waals surface area contributed by atoms with Gasteiger partial charge in [-0.3, -0.25) is 0 Å². The molecule has 6 heteroatoms. The second kappa shape index (κ2) is 7.66. The van der Waals surface area contributed by atoms with Crippen LogP contribution in [0.4, 0.5) is 11.8 Å². The highest BCUT2D eigenvalue weighted by Crippen LogP contribution is 2.25. The van der Waals surface area contributed by atoms with Crippen LogP contribution in [0.15, 0.2) is 6.07 Å². The first-order valence-corrected chi connectivity index (χ1v) is 9.31. The summed E-state index contributed by atoms with van der Waals surface area (Å²) in [6.45, 7) is 12.5. The van der Waals surface area contributed by atoms with E-state index in [2.05, 4.69) is 51.6 Å². The average Bonchev–Trinajstić information content (AvgIpc) is 2.57. The van der Waals surface area contributed by atoms with Gasteiger partial charge in [0, 0.05) is 51.9 Å². The first-order chi connectivity index (χ1) is 11.5. The number of rotatable bonds is 4. The fraction of sp³-hybridized carbons (Fsp3) is 0.778. The molecule has 2 aliphatic rings. The Labute approximate surface area is 146 Å². The predicted octanol–water partition coefficient (Wildman–Crippen LogP) is 1.65. The van der Waals surface area contributed by atoms with Gasteiger partial charge in [-0.15, -0.1) is 0 Å². The fourth-order valence-electron chi connectivity index (χ4n) is 3.75. The van der Waals surface area contributed by atoms with Gasteiger partial charge in [0.25, 0.3) is 0 Å². The predicted molar refractivity (Wildman–Crippen MR) is 99.4 cm³/mol.